The molecule has 0 aliphatic rings. The Morgan fingerprint density at radius 3 is 2.86 bits per heavy atom. The SMILES string of the molecule is Cc1ccnc(NC(=O)Cn2cnc3ccccc3c2=O)c1. The lowest BCUT2D eigenvalue weighted by Crippen LogP contribution is -2.28. The van der Waals surface area contributed by atoms with Crippen LogP contribution in [0.3, 0.4) is 0 Å². The van der Waals surface area contributed by atoms with Gasteiger partial charge in [-0.25, -0.2) is 9.97 Å². The van der Waals surface area contributed by atoms with Crippen molar-refractivity contribution in [1.29, 1.82) is 0 Å². The van der Waals surface area contributed by atoms with Gasteiger partial charge in [0.25, 0.3) is 5.56 Å². The van der Waals surface area contributed by atoms with Crippen molar-refractivity contribution in [1.82, 2.24) is 14.5 Å². The molecule has 0 radical (unpaired) electrons. The molecule has 0 bridgehead atoms. The molecule has 2 heterocycles. The number of amides is 1. The van der Waals surface area contributed by atoms with Crippen LogP contribution in [0.1, 0.15) is 5.56 Å². The van der Waals surface area contributed by atoms with Crippen molar-refractivity contribution in [3.8, 4) is 0 Å². The maximum atomic E-state index is 12.3. The lowest BCUT2D eigenvalue weighted by atomic mass is 10.2. The predicted octanol–water partition coefficient (Wildman–Crippen LogP) is 1.74. The number of rotatable bonds is 3. The summed E-state index contributed by atoms with van der Waals surface area (Å²) in [7, 11) is 0. The van der Waals surface area contributed by atoms with E-state index in [0.29, 0.717) is 16.7 Å². The molecule has 0 unspecified atom stereocenters. The van der Waals surface area contributed by atoms with Gasteiger partial charge in [-0.2, -0.15) is 0 Å². The summed E-state index contributed by atoms with van der Waals surface area (Å²) in [5.74, 6) is 0.143. The van der Waals surface area contributed by atoms with Crippen LogP contribution in [-0.4, -0.2) is 20.4 Å². The number of benzene rings is 1. The number of hydrogen-bond donors (Lipinski definition) is 1. The number of aryl methyl sites for hydroxylation is 1. The molecule has 3 aromatic rings. The highest BCUT2D eigenvalue weighted by molar-refractivity contribution is 5.89. The number of anilines is 1. The van der Waals surface area contributed by atoms with Gasteiger partial charge in [-0.1, -0.05) is 12.1 Å². The van der Waals surface area contributed by atoms with Crippen LogP contribution in [0.15, 0.2) is 53.7 Å². The third-order valence-electron chi connectivity index (χ3n) is 3.23. The fourth-order valence-electron chi connectivity index (χ4n) is 2.16. The van der Waals surface area contributed by atoms with E-state index in [1.165, 1.54) is 10.9 Å². The minimum atomic E-state index is -0.322. The summed E-state index contributed by atoms with van der Waals surface area (Å²) in [4.78, 5) is 32.6. The van der Waals surface area contributed by atoms with Gasteiger partial charge in [0, 0.05) is 6.20 Å². The topological polar surface area (TPSA) is 76.9 Å². The van der Waals surface area contributed by atoms with E-state index in [2.05, 4.69) is 15.3 Å². The number of nitrogens with one attached hydrogen (secondary N) is 1. The number of carbonyl (C=O) groups excluding carboxylic acids is 1. The standard InChI is InChI=1S/C16H14N4O2/c1-11-6-7-17-14(8-11)19-15(21)9-20-10-18-13-5-3-2-4-12(13)16(20)22/h2-8,10H,9H2,1H3,(H,17,19,21). The molecule has 0 spiro atoms. The summed E-state index contributed by atoms with van der Waals surface area (Å²) in [5, 5.41) is 3.16. The van der Waals surface area contributed by atoms with Crippen molar-refractivity contribution in [2.75, 3.05) is 5.32 Å². The van der Waals surface area contributed by atoms with Gasteiger partial charge in [0.05, 0.1) is 17.2 Å². The van der Waals surface area contributed by atoms with Crippen LogP contribution < -0.4 is 10.9 Å². The fraction of sp³-hybridized carbons (Fsp3) is 0.125. The van der Waals surface area contributed by atoms with Crippen molar-refractivity contribution < 1.29 is 4.79 Å². The molecule has 1 amide bonds. The Kier molecular flexibility index (Phi) is 3.65. The monoisotopic (exact) mass is 294 g/mol. The van der Waals surface area contributed by atoms with Crippen LogP contribution in [0.2, 0.25) is 0 Å². The van der Waals surface area contributed by atoms with Crippen molar-refractivity contribution in [3.05, 3.63) is 64.8 Å². The Balaban J connectivity index is 1.82. The Morgan fingerprint density at radius 2 is 2.05 bits per heavy atom. The van der Waals surface area contributed by atoms with Crippen molar-refractivity contribution in [2.24, 2.45) is 0 Å². The van der Waals surface area contributed by atoms with Crippen molar-refractivity contribution >= 4 is 22.6 Å². The first kappa shape index (κ1) is 13.9. The zero-order chi connectivity index (χ0) is 15.5. The van der Waals surface area contributed by atoms with E-state index in [1.807, 2.05) is 19.1 Å². The van der Waals surface area contributed by atoms with Gasteiger partial charge >= 0.3 is 0 Å². The molecule has 3 rings (SSSR count). The number of hydrogen-bond acceptors (Lipinski definition) is 4. The van der Waals surface area contributed by atoms with E-state index in [-0.39, 0.29) is 18.0 Å². The normalized spacial score (nSPS) is 10.6. The summed E-state index contributed by atoms with van der Waals surface area (Å²) in [6.07, 6.45) is 3.00. The Labute approximate surface area is 126 Å². The zero-order valence-corrected chi connectivity index (χ0v) is 12.0. The summed E-state index contributed by atoms with van der Waals surface area (Å²) in [6, 6.07) is 10.6. The largest absolute Gasteiger partial charge is 0.309 e. The van der Waals surface area contributed by atoms with Crippen LogP contribution in [0.25, 0.3) is 10.9 Å². The molecule has 22 heavy (non-hydrogen) atoms. The highest BCUT2D eigenvalue weighted by Gasteiger charge is 2.08. The minimum Gasteiger partial charge on any atom is -0.309 e. The summed E-state index contributed by atoms with van der Waals surface area (Å²) in [6.45, 7) is 1.81. The van der Waals surface area contributed by atoms with Crippen LogP contribution in [0.4, 0.5) is 5.82 Å². The highest BCUT2D eigenvalue weighted by Crippen LogP contribution is 2.06. The lowest BCUT2D eigenvalue weighted by Gasteiger charge is -2.07. The highest BCUT2D eigenvalue weighted by atomic mass is 16.2. The first-order valence-corrected chi connectivity index (χ1v) is 6.80. The van der Waals surface area contributed by atoms with Gasteiger partial charge in [-0.3, -0.25) is 14.2 Å². The van der Waals surface area contributed by atoms with Gasteiger partial charge in [-0.05, 0) is 36.8 Å². The third kappa shape index (κ3) is 2.85. The molecule has 0 aliphatic carbocycles. The van der Waals surface area contributed by atoms with E-state index in [0.717, 1.165) is 5.56 Å². The van der Waals surface area contributed by atoms with Crippen molar-refractivity contribution in [3.63, 3.8) is 0 Å². The molecule has 1 aromatic carbocycles. The van der Waals surface area contributed by atoms with Gasteiger partial charge in [-0.15, -0.1) is 0 Å². The van der Waals surface area contributed by atoms with Crippen LogP contribution in [0, 0.1) is 6.92 Å². The number of fused-ring (bicyclic) bond motifs is 1. The van der Waals surface area contributed by atoms with Gasteiger partial charge in [0.1, 0.15) is 12.4 Å². The van der Waals surface area contributed by atoms with Crippen LogP contribution >= 0.6 is 0 Å². The quantitative estimate of drug-likeness (QED) is 0.798. The lowest BCUT2D eigenvalue weighted by molar-refractivity contribution is -0.116. The van der Waals surface area contributed by atoms with E-state index < -0.39 is 0 Å². The summed E-state index contributed by atoms with van der Waals surface area (Å²) < 4.78 is 1.29. The molecule has 0 aliphatic heterocycles. The number of pyridine rings is 1. The number of carbonyl (C=O) groups is 1. The zero-order valence-electron chi connectivity index (χ0n) is 12.0. The first-order valence-electron chi connectivity index (χ1n) is 6.80. The molecule has 0 saturated carbocycles. The number of para-hydroxylation sites is 1. The van der Waals surface area contributed by atoms with Crippen LogP contribution in [-0.2, 0) is 11.3 Å². The Bertz CT molecular complexity index is 902. The van der Waals surface area contributed by atoms with E-state index >= 15 is 0 Å². The maximum Gasteiger partial charge on any atom is 0.261 e. The van der Waals surface area contributed by atoms with E-state index in [1.54, 1.807) is 30.5 Å². The molecule has 0 fully saturated rings. The average molecular weight is 294 g/mol. The fourth-order valence-corrected chi connectivity index (χ4v) is 2.16. The molecule has 0 saturated heterocycles. The average Bonchev–Trinajstić information content (AvgIpc) is 2.50. The molecule has 110 valence electrons. The third-order valence-corrected chi connectivity index (χ3v) is 3.23. The molecular weight excluding hydrogens is 280 g/mol. The van der Waals surface area contributed by atoms with E-state index in [9.17, 15) is 9.59 Å². The second-order valence-electron chi connectivity index (χ2n) is 4.96. The smallest absolute Gasteiger partial charge is 0.261 e. The number of aromatic nitrogens is 3. The minimum absolute atomic E-state index is 0.105. The molecule has 2 aromatic heterocycles. The summed E-state index contributed by atoms with van der Waals surface area (Å²) in [5.41, 5.74) is 1.37. The molecule has 1 N–H and O–H groups in total. The number of nitrogens with zero attached hydrogens (tertiary/aromatic N) is 3. The summed E-state index contributed by atoms with van der Waals surface area (Å²) >= 11 is 0. The van der Waals surface area contributed by atoms with Gasteiger partial charge in [0.15, 0.2) is 0 Å². The molecule has 6 heteroatoms. The molecule has 0 atom stereocenters. The van der Waals surface area contributed by atoms with Crippen molar-refractivity contribution in [2.45, 2.75) is 13.5 Å². The molecule has 6 nitrogen and oxygen atoms in total. The van der Waals surface area contributed by atoms with Gasteiger partial charge in [0.2, 0.25) is 5.91 Å². The second kappa shape index (κ2) is 5.77. The first-order chi connectivity index (χ1) is 10.6. The van der Waals surface area contributed by atoms with E-state index in [4.69, 9.17) is 0 Å². The molecular formula is C16H14N4O2. The Hall–Kier alpha value is -3.02. The Morgan fingerprint density at radius 1 is 1.23 bits per heavy atom. The second-order valence-corrected chi connectivity index (χ2v) is 4.96. The van der Waals surface area contributed by atoms with Crippen LogP contribution in [0.5, 0.6) is 0 Å². The maximum absolute atomic E-state index is 12.3. The van der Waals surface area contributed by atoms with Gasteiger partial charge < -0.3 is 5.32 Å². The predicted molar refractivity (Wildman–Crippen MR) is 83.6 cm³/mol.